The SMILES string of the molecule is CCOc1nn(Cc2ccccc2)cc1CCCCOS(C)(=O)=O. The van der Waals surface area contributed by atoms with Crippen LogP contribution in [-0.4, -0.2) is 37.7 Å². The van der Waals surface area contributed by atoms with Crippen molar-refractivity contribution in [3.8, 4) is 5.88 Å². The first kappa shape index (κ1) is 18.5. The van der Waals surface area contributed by atoms with E-state index in [0.717, 1.165) is 24.7 Å². The lowest BCUT2D eigenvalue weighted by Gasteiger charge is -2.03. The standard InChI is InChI=1S/C17H24N2O4S/c1-3-22-17-16(11-7-8-12-23-24(2,20)21)14-19(18-17)13-15-9-5-4-6-10-15/h4-6,9-10,14H,3,7-8,11-13H2,1-2H3. The highest BCUT2D eigenvalue weighted by atomic mass is 32.2. The lowest BCUT2D eigenvalue weighted by atomic mass is 10.1. The van der Waals surface area contributed by atoms with Gasteiger partial charge >= 0.3 is 0 Å². The molecule has 1 aromatic carbocycles. The zero-order valence-corrected chi connectivity index (χ0v) is 15.0. The number of hydrogen-bond acceptors (Lipinski definition) is 5. The van der Waals surface area contributed by atoms with Gasteiger partial charge in [-0.3, -0.25) is 8.86 Å². The molecule has 0 saturated heterocycles. The Bertz CT molecular complexity index is 726. The number of aryl methyl sites for hydroxylation is 1. The van der Waals surface area contributed by atoms with Crippen molar-refractivity contribution < 1.29 is 17.3 Å². The highest BCUT2D eigenvalue weighted by Gasteiger charge is 2.10. The lowest BCUT2D eigenvalue weighted by Crippen LogP contribution is -2.04. The van der Waals surface area contributed by atoms with Crippen LogP contribution in [0.1, 0.15) is 30.9 Å². The topological polar surface area (TPSA) is 70.4 Å². The second kappa shape index (κ2) is 8.84. The van der Waals surface area contributed by atoms with Crippen LogP contribution in [0.2, 0.25) is 0 Å². The van der Waals surface area contributed by atoms with Gasteiger partial charge in [-0.25, -0.2) is 0 Å². The average molecular weight is 352 g/mol. The van der Waals surface area contributed by atoms with E-state index in [1.165, 1.54) is 5.56 Å². The van der Waals surface area contributed by atoms with E-state index in [4.69, 9.17) is 8.92 Å². The maximum Gasteiger partial charge on any atom is 0.264 e. The predicted molar refractivity (Wildman–Crippen MR) is 92.7 cm³/mol. The van der Waals surface area contributed by atoms with Crippen LogP contribution >= 0.6 is 0 Å². The van der Waals surface area contributed by atoms with Gasteiger partial charge in [0, 0.05) is 11.8 Å². The predicted octanol–water partition coefficient (Wildman–Crippen LogP) is 2.63. The van der Waals surface area contributed by atoms with Gasteiger partial charge in [-0.05, 0) is 31.7 Å². The molecule has 0 fully saturated rings. The quantitative estimate of drug-likeness (QED) is 0.486. The number of benzene rings is 1. The molecule has 0 saturated carbocycles. The minimum atomic E-state index is -3.36. The third kappa shape index (κ3) is 6.33. The minimum Gasteiger partial charge on any atom is -0.477 e. The second-order valence-corrected chi connectivity index (χ2v) is 7.20. The molecule has 0 bridgehead atoms. The van der Waals surface area contributed by atoms with E-state index in [-0.39, 0.29) is 6.61 Å². The number of hydrogen-bond donors (Lipinski definition) is 0. The van der Waals surface area contributed by atoms with Gasteiger partial charge < -0.3 is 4.74 Å². The van der Waals surface area contributed by atoms with Crippen molar-refractivity contribution in [3.63, 3.8) is 0 Å². The number of aromatic nitrogens is 2. The zero-order valence-electron chi connectivity index (χ0n) is 14.1. The Balaban J connectivity index is 1.92. The fraction of sp³-hybridized carbons (Fsp3) is 0.471. The summed E-state index contributed by atoms with van der Waals surface area (Å²) in [6.07, 6.45) is 5.32. The van der Waals surface area contributed by atoms with E-state index in [9.17, 15) is 8.42 Å². The molecule has 0 radical (unpaired) electrons. The Hall–Kier alpha value is -1.86. The molecule has 1 aromatic heterocycles. The van der Waals surface area contributed by atoms with Crippen LogP contribution in [0.3, 0.4) is 0 Å². The average Bonchev–Trinajstić information content (AvgIpc) is 2.89. The monoisotopic (exact) mass is 352 g/mol. The minimum absolute atomic E-state index is 0.209. The second-order valence-electron chi connectivity index (χ2n) is 5.56. The fourth-order valence-corrected chi connectivity index (χ4v) is 2.77. The molecular formula is C17H24N2O4S. The third-order valence-corrected chi connectivity index (χ3v) is 4.00. The molecule has 24 heavy (non-hydrogen) atoms. The van der Waals surface area contributed by atoms with Gasteiger partial charge in [-0.2, -0.15) is 8.42 Å². The normalized spacial score (nSPS) is 11.6. The van der Waals surface area contributed by atoms with Gasteiger partial charge in [-0.1, -0.05) is 30.3 Å². The summed E-state index contributed by atoms with van der Waals surface area (Å²) < 4.78 is 34.1. The van der Waals surface area contributed by atoms with E-state index in [2.05, 4.69) is 17.2 Å². The van der Waals surface area contributed by atoms with Crippen molar-refractivity contribution in [1.29, 1.82) is 0 Å². The summed E-state index contributed by atoms with van der Waals surface area (Å²) in [7, 11) is -3.36. The molecule has 0 spiro atoms. The molecule has 0 amide bonds. The first-order chi connectivity index (χ1) is 11.5. The third-order valence-electron chi connectivity index (χ3n) is 3.41. The maximum absolute atomic E-state index is 10.9. The van der Waals surface area contributed by atoms with Crippen molar-refractivity contribution in [2.75, 3.05) is 19.5 Å². The molecule has 7 heteroatoms. The summed E-state index contributed by atoms with van der Waals surface area (Å²) in [5.41, 5.74) is 2.21. The van der Waals surface area contributed by atoms with Gasteiger partial charge in [0.25, 0.3) is 10.1 Å². The van der Waals surface area contributed by atoms with Gasteiger partial charge in [0.05, 0.1) is 26.0 Å². The summed E-state index contributed by atoms with van der Waals surface area (Å²) >= 11 is 0. The summed E-state index contributed by atoms with van der Waals surface area (Å²) in [4.78, 5) is 0. The van der Waals surface area contributed by atoms with Crippen LogP contribution < -0.4 is 4.74 Å². The molecule has 0 aliphatic rings. The van der Waals surface area contributed by atoms with Crippen molar-refractivity contribution in [2.45, 2.75) is 32.7 Å². The number of nitrogens with zero attached hydrogens (tertiary/aromatic N) is 2. The molecule has 0 aliphatic carbocycles. The molecule has 0 aliphatic heterocycles. The van der Waals surface area contributed by atoms with E-state index >= 15 is 0 Å². The first-order valence-electron chi connectivity index (χ1n) is 8.05. The van der Waals surface area contributed by atoms with E-state index in [1.807, 2.05) is 36.0 Å². The molecule has 0 atom stereocenters. The van der Waals surface area contributed by atoms with E-state index < -0.39 is 10.1 Å². The lowest BCUT2D eigenvalue weighted by molar-refractivity contribution is 0.308. The molecular weight excluding hydrogens is 328 g/mol. The van der Waals surface area contributed by atoms with Crippen LogP contribution in [0, 0.1) is 0 Å². The van der Waals surface area contributed by atoms with E-state index in [1.54, 1.807) is 0 Å². The number of rotatable bonds is 10. The Morgan fingerprint density at radius 2 is 1.92 bits per heavy atom. The molecule has 2 rings (SSSR count). The van der Waals surface area contributed by atoms with Crippen LogP contribution in [0.15, 0.2) is 36.5 Å². The highest BCUT2D eigenvalue weighted by Crippen LogP contribution is 2.19. The molecule has 2 aromatic rings. The first-order valence-corrected chi connectivity index (χ1v) is 9.87. The molecule has 132 valence electrons. The summed E-state index contributed by atoms with van der Waals surface area (Å²) in [6.45, 7) is 3.39. The Morgan fingerprint density at radius 1 is 1.17 bits per heavy atom. The van der Waals surface area contributed by atoms with Gasteiger partial charge in [-0.15, -0.1) is 5.10 Å². The van der Waals surface area contributed by atoms with Crippen LogP contribution in [0.5, 0.6) is 5.88 Å². The summed E-state index contributed by atoms with van der Waals surface area (Å²) in [5.74, 6) is 0.650. The van der Waals surface area contributed by atoms with Gasteiger partial charge in [0.2, 0.25) is 5.88 Å². The van der Waals surface area contributed by atoms with Crippen LogP contribution in [0.4, 0.5) is 0 Å². The van der Waals surface area contributed by atoms with Crippen LogP contribution in [-0.2, 0) is 27.3 Å². The molecule has 1 heterocycles. The molecule has 6 nitrogen and oxygen atoms in total. The summed E-state index contributed by atoms with van der Waals surface area (Å²) in [5, 5.41) is 4.50. The highest BCUT2D eigenvalue weighted by molar-refractivity contribution is 7.85. The zero-order chi connectivity index (χ0) is 17.4. The Labute approximate surface area is 143 Å². The van der Waals surface area contributed by atoms with Gasteiger partial charge in [0.15, 0.2) is 0 Å². The smallest absolute Gasteiger partial charge is 0.264 e. The van der Waals surface area contributed by atoms with E-state index in [0.29, 0.717) is 25.5 Å². The Kier molecular flexibility index (Phi) is 6.81. The fourth-order valence-electron chi connectivity index (χ4n) is 2.35. The van der Waals surface area contributed by atoms with Gasteiger partial charge in [0.1, 0.15) is 0 Å². The number of ether oxygens (including phenoxy) is 1. The maximum atomic E-state index is 10.9. The van der Waals surface area contributed by atoms with Crippen molar-refractivity contribution in [3.05, 3.63) is 47.7 Å². The Morgan fingerprint density at radius 3 is 2.58 bits per heavy atom. The summed E-state index contributed by atoms with van der Waals surface area (Å²) in [6, 6.07) is 10.1. The number of unbranched alkanes of at least 4 members (excludes halogenated alkanes) is 1. The van der Waals surface area contributed by atoms with Crippen molar-refractivity contribution in [1.82, 2.24) is 9.78 Å². The van der Waals surface area contributed by atoms with Crippen LogP contribution in [0.25, 0.3) is 0 Å². The largest absolute Gasteiger partial charge is 0.477 e. The van der Waals surface area contributed by atoms with Crippen molar-refractivity contribution in [2.24, 2.45) is 0 Å². The molecule has 0 N–H and O–H groups in total. The molecule has 0 unspecified atom stereocenters. The van der Waals surface area contributed by atoms with Crippen molar-refractivity contribution >= 4 is 10.1 Å².